The highest BCUT2D eigenvalue weighted by atomic mass is 14.6. The Balaban J connectivity index is 1.80. The zero-order valence-corrected chi connectivity index (χ0v) is 15.0. The van der Waals surface area contributed by atoms with Crippen LogP contribution in [0.1, 0.15) is 40.2 Å². The van der Waals surface area contributed by atoms with Crippen molar-refractivity contribution < 1.29 is 0 Å². The lowest BCUT2D eigenvalue weighted by molar-refractivity contribution is 0.575. The summed E-state index contributed by atoms with van der Waals surface area (Å²) in [6, 6.07) is 28.4. The Morgan fingerprint density at radius 2 is 1.19 bits per heavy atom. The molecular weight excluding hydrogens is 328 g/mol. The van der Waals surface area contributed by atoms with E-state index in [0.717, 1.165) is 6.42 Å². The van der Waals surface area contributed by atoms with Crippen LogP contribution >= 0.6 is 0 Å². The highest BCUT2D eigenvalue weighted by Crippen LogP contribution is 2.55. The summed E-state index contributed by atoms with van der Waals surface area (Å²) >= 11 is 0. The molecule has 0 bridgehead atoms. The fraction of sp³-hybridized carbons (Fsp3) is 0.120. The first-order valence-corrected chi connectivity index (χ1v) is 9.35. The van der Waals surface area contributed by atoms with E-state index in [9.17, 15) is 0 Å². The van der Waals surface area contributed by atoms with Crippen LogP contribution in [0.2, 0.25) is 0 Å². The molecule has 1 atom stereocenters. The Morgan fingerprint density at radius 3 is 1.81 bits per heavy atom. The summed E-state index contributed by atoms with van der Waals surface area (Å²) in [4.78, 5) is 8.52. The Hall–Kier alpha value is -3.26. The lowest BCUT2D eigenvalue weighted by Gasteiger charge is -2.32. The molecule has 2 aromatic heterocycles. The number of benzene rings is 2. The minimum atomic E-state index is -0.191. The monoisotopic (exact) mass is 348 g/mol. The summed E-state index contributed by atoms with van der Waals surface area (Å²) in [5, 5.41) is 0. The van der Waals surface area contributed by atoms with Crippen LogP contribution in [-0.4, -0.2) is 9.97 Å². The summed E-state index contributed by atoms with van der Waals surface area (Å²) in [6.45, 7) is 0. The van der Waals surface area contributed by atoms with Gasteiger partial charge in [0, 0.05) is 36.1 Å². The highest BCUT2D eigenvalue weighted by Gasteiger charge is 2.46. The molecule has 5 rings (SSSR count). The Morgan fingerprint density at radius 1 is 0.630 bits per heavy atom. The van der Waals surface area contributed by atoms with Gasteiger partial charge >= 0.3 is 0 Å². The van der Waals surface area contributed by atoms with Gasteiger partial charge in [-0.25, -0.2) is 0 Å². The SMILES string of the molecule is c1ccc(C2CC(c3ccncc3)(c3ccncc3)c3ccccc32)cc1. The third-order valence-corrected chi connectivity index (χ3v) is 5.85. The molecule has 2 heterocycles. The predicted octanol–water partition coefficient (Wildman–Crippen LogP) is 5.35. The van der Waals surface area contributed by atoms with Crippen LogP contribution in [0.4, 0.5) is 0 Å². The van der Waals surface area contributed by atoms with E-state index < -0.39 is 0 Å². The van der Waals surface area contributed by atoms with E-state index >= 15 is 0 Å². The average molecular weight is 348 g/mol. The molecule has 27 heavy (non-hydrogen) atoms. The van der Waals surface area contributed by atoms with Gasteiger partial charge in [0.05, 0.1) is 0 Å². The van der Waals surface area contributed by atoms with Crippen molar-refractivity contribution in [2.75, 3.05) is 0 Å². The van der Waals surface area contributed by atoms with Crippen molar-refractivity contribution in [2.45, 2.75) is 17.8 Å². The van der Waals surface area contributed by atoms with E-state index in [1.165, 1.54) is 27.8 Å². The second-order valence-corrected chi connectivity index (χ2v) is 7.13. The fourth-order valence-electron chi connectivity index (χ4n) is 4.68. The predicted molar refractivity (Wildman–Crippen MR) is 108 cm³/mol. The number of fused-ring (bicyclic) bond motifs is 1. The Labute approximate surface area is 159 Å². The number of hydrogen-bond donors (Lipinski definition) is 0. The molecule has 0 saturated carbocycles. The van der Waals surface area contributed by atoms with E-state index in [0.29, 0.717) is 5.92 Å². The van der Waals surface area contributed by atoms with Crippen LogP contribution < -0.4 is 0 Å². The van der Waals surface area contributed by atoms with Gasteiger partial charge in [-0.15, -0.1) is 0 Å². The van der Waals surface area contributed by atoms with Crippen molar-refractivity contribution >= 4 is 0 Å². The van der Waals surface area contributed by atoms with Crippen molar-refractivity contribution in [3.63, 3.8) is 0 Å². The van der Waals surface area contributed by atoms with Crippen molar-refractivity contribution in [3.8, 4) is 0 Å². The molecule has 0 fully saturated rings. The first-order valence-electron chi connectivity index (χ1n) is 9.35. The standard InChI is InChI=1S/C25H20N2/c1-2-6-19(7-3-1)23-18-25(20-10-14-26-15-11-20,21-12-16-27-17-13-21)24-9-5-4-8-22(23)24/h1-17,23H,18H2. The van der Waals surface area contributed by atoms with Crippen molar-refractivity contribution in [1.29, 1.82) is 0 Å². The van der Waals surface area contributed by atoms with Crippen molar-refractivity contribution in [1.82, 2.24) is 9.97 Å². The van der Waals surface area contributed by atoms with Gasteiger partial charge in [0.1, 0.15) is 0 Å². The maximum atomic E-state index is 4.26. The molecule has 4 aromatic rings. The number of rotatable bonds is 3. The van der Waals surface area contributed by atoms with Gasteiger partial charge in [-0.2, -0.15) is 0 Å². The molecule has 130 valence electrons. The molecule has 1 unspecified atom stereocenters. The normalized spacial score (nSPS) is 17.4. The maximum absolute atomic E-state index is 4.26. The van der Waals surface area contributed by atoms with E-state index in [2.05, 4.69) is 88.8 Å². The third kappa shape index (κ3) is 2.48. The molecule has 0 aliphatic heterocycles. The summed E-state index contributed by atoms with van der Waals surface area (Å²) in [7, 11) is 0. The van der Waals surface area contributed by atoms with E-state index in [1.807, 2.05) is 24.8 Å². The van der Waals surface area contributed by atoms with Crippen LogP contribution in [0.3, 0.4) is 0 Å². The fourth-order valence-corrected chi connectivity index (χ4v) is 4.68. The van der Waals surface area contributed by atoms with Crippen LogP contribution in [0.25, 0.3) is 0 Å². The van der Waals surface area contributed by atoms with Crippen LogP contribution in [-0.2, 0) is 5.41 Å². The van der Waals surface area contributed by atoms with Crippen LogP contribution in [0.5, 0.6) is 0 Å². The first kappa shape index (κ1) is 16.0. The Bertz CT molecular complexity index is 1000. The number of pyridine rings is 2. The van der Waals surface area contributed by atoms with Crippen LogP contribution in [0.15, 0.2) is 104 Å². The largest absolute Gasteiger partial charge is 0.265 e. The molecule has 0 saturated heterocycles. The van der Waals surface area contributed by atoms with Crippen molar-refractivity contribution in [3.05, 3.63) is 131 Å². The van der Waals surface area contributed by atoms with Gasteiger partial charge in [-0.05, 0) is 58.5 Å². The summed E-state index contributed by atoms with van der Waals surface area (Å²) in [5.74, 6) is 0.365. The molecule has 1 aliphatic rings. The zero-order chi connectivity index (χ0) is 18.1. The van der Waals surface area contributed by atoms with Gasteiger partial charge in [0.25, 0.3) is 0 Å². The molecule has 0 radical (unpaired) electrons. The number of aromatic nitrogens is 2. The number of nitrogens with zero attached hydrogens (tertiary/aromatic N) is 2. The van der Waals surface area contributed by atoms with Gasteiger partial charge in [0.15, 0.2) is 0 Å². The summed E-state index contributed by atoms with van der Waals surface area (Å²) in [6.07, 6.45) is 8.60. The van der Waals surface area contributed by atoms with Crippen LogP contribution in [0, 0.1) is 0 Å². The lowest BCUT2D eigenvalue weighted by atomic mass is 9.70. The van der Waals surface area contributed by atoms with E-state index in [-0.39, 0.29) is 5.41 Å². The molecule has 1 aliphatic carbocycles. The topological polar surface area (TPSA) is 25.8 Å². The smallest absolute Gasteiger partial charge is 0.0465 e. The first-order chi connectivity index (χ1) is 13.4. The molecule has 2 heteroatoms. The zero-order valence-electron chi connectivity index (χ0n) is 15.0. The highest BCUT2D eigenvalue weighted by molar-refractivity contribution is 5.59. The van der Waals surface area contributed by atoms with Gasteiger partial charge in [-0.3, -0.25) is 9.97 Å². The molecular formula is C25H20N2. The van der Waals surface area contributed by atoms with Crippen molar-refractivity contribution in [2.24, 2.45) is 0 Å². The second kappa shape index (κ2) is 6.48. The molecule has 2 aromatic carbocycles. The molecule has 2 nitrogen and oxygen atoms in total. The van der Waals surface area contributed by atoms with Gasteiger partial charge in [0.2, 0.25) is 0 Å². The second-order valence-electron chi connectivity index (χ2n) is 7.13. The van der Waals surface area contributed by atoms with E-state index in [4.69, 9.17) is 0 Å². The summed E-state index contributed by atoms with van der Waals surface area (Å²) < 4.78 is 0. The maximum Gasteiger partial charge on any atom is 0.0465 e. The quantitative estimate of drug-likeness (QED) is 0.499. The van der Waals surface area contributed by atoms with Gasteiger partial charge in [-0.1, -0.05) is 54.6 Å². The Kier molecular flexibility index (Phi) is 3.83. The van der Waals surface area contributed by atoms with Gasteiger partial charge < -0.3 is 0 Å². The van der Waals surface area contributed by atoms with E-state index in [1.54, 1.807) is 0 Å². The molecule has 0 amide bonds. The molecule has 0 N–H and O–H groups in total. The third-order valence-electron chi connectivity index (χ3n) is 5.85. The molecule has 0 spiro atoms. The minimum Gasteiger partial charge on any atom is -0.265 e. The average Bonchev–Trinajstić information content (AvgIpc) is 3.12. The number of hydrogen-bond acceptors (Lipinski definition) is 2. The lowest BCUT2D eigenvalue weighted by Crippen LogP contribution is -2.27. The summed E-state index contributed by atoms with van der Waals surface area (Å²) in [5.41, 5.74) is 6.55. The minimum absolute atomic E-state index is 0.191.